The summed E-state index contributed by atoms with van der Waals surface area (Å²) in [7, 11) is -2.65. The van der Waals surface area contributed by atoms with Gasteiger partial charge in [0.1, 0.15) is 22.9 Å². The van der Waals surface area contributed by atoms with Gasteiger partial charge in [-0.05, 0) is 48.9 Å². The maximum atomic E-state index is 13.5. The molecule has 29 heavy (non-hydrogen) atoms. The summed E-state index contributed by atoms with van der Waals surface area (Å²) in [6.45, 7) is 1.58. The van der Waals surface area contributed by atoms with E-state index >= 15 is 0 Å². The third-order valence-electron chi connectivity index (χ3n) is 4.26. The number of methoxy groups -OCH3 is 1. The number of carbonyl (C=O) groups is 1. The topological polar surface area (TPSA) is 88.9 Å². The van der Waals surface area contributed by atoms with E-state index in [1.807, 2.05) is 0 Å². The number of amides is 1. The third-order valence-corrected chi connectivity index (χ3v) is 6.05. The van der Waals surface area contributed by atoms with E-state index in [1.54, 1.807) is 61.5 Å². The molecule has 0 saturated carbocycles. The molecule has 0 saturated heterocycles. The van der Waals surface area contributed by atoms with E-state index in [0.717, 1.165) is 9.87 Å². The second-order valence-electron chi connectivity index (χ2n) is 6.36. The predicted octanol–water partition coefficient (Wildman–Crippen LogP) is 3.11. The van der Waals surface area contributed by atoms with Gasteiger partial charge in [-0.2, -0.15) is 0 Å². The Morgan fingerprint density at radius 1 is 1.10 bits per heavy atom. The van der Waals surface area contributed by atoms with Crippen LogP contribution in [0, 0.1) is 6.92 Å². The molecule has 0 radical (unpaired) electrons. The van der Waals surface area contributed by atoms with Crippen molar-refractivity contribution in [2.45, 2.75) is 18.4 Å². The third kappa shape index (κ3) is 4.78. The van der Waals surface area contributed by atoms with E-state index in [9.17, 15) is 13.2 Å². The average molecular weight is 414 g/mol. The average Bonchev–Trinajstić information content (AvgIpc) is 3.24. The van der Waals surface area contributed by atoms with Gasteiger partial charge in [0.25, 0.3) is 10.0 Å². The van der Waals surface area contributed by atoms with E-state index in [4.69, 9.17) is 9.15 Å². The summed E-state index contributed by atoms with van der Waals surface area (Å²) < 4.78 is 38.5. The van der Waals surface area contributed by atoms with Crippen molar-refractivity contribution in [3.05, 3.63) is 78.3 Å². The molecular formula is C21H22N2O5S. The Morgan fingerprint density at radius 2 is 1.86 bits per heavy atom. The summed E-state index contributed by atoms with van der Waals surface area (Å²) in [5.74, 6) is 0.334. The monoisotopic (exact) mass is 414 g/mol. The smallest absolute Gasteiger partial charge is 0.268 e. The van der Waals surface area contributed by atoms with Crippen LogP contribution in [-0.2, 0) is 21.4 Å². The number of rotatable bonds is 8. The number of anilines is 1. The SMILES string of the molecule is COc1ccc(C)cc1S(=O)(=O)N(CC(=O)NCc1ccco1)c1ccccc1. The van der Waals surface area contributed by atoms with Crippen LogP contribution in [0.1, 0.15) is 11.3 Å². The van der Waals surface area contributed by atoms with Gasteiger partial charge >= 0.3 is 0 Å². The van der Waals surface area contributed by atoms with Gasteiger partial charge in [0.2, 0.25) is 5.91 Å². The van der Waals surface area contributed by atoms with Gasteiger partial charge in [0, 0.05) is 0 Å². The molecule has 0 aliphatic heterocycles. The lowest BCUT2D eigenvalue weighted by Crippen LogP contribution is -2.40. The quantitative estimate of drug-likeness (QED) is 0.612. The van der Waals surface area contributed by atoms with Gasteiger partial charge in [0.15, 0.2) is 0 Å². The van der Waals surface area contributed by atoms with Crippen molar-refractivity contribution >= 4 is 21.6 Å². The van der Waals surface area contributed by atoms with E-state index in [1.165, 1.54) is 19.4 Å². The normalized spacial score (nSPS) is 11.1. The van der Waals surface area contributed by atoms with Crippen molar-refractivity contribution in [1.29, 1.82) is 0 Å². The number of benzene rings is 2. The maximum absolute atomic E-state index is 13.5. The number of sulfonamides is 1. The van der Waals surface area contributed by atoms with Gasteiger partial charge in [0.05, 0.1) is 25.6 Å². The molecule has 1 aromatic heterocycles. The molecule has 1 N–H and O–H groups in total. The second-order valence-corrected chi connectivity index (χ2v) is 8.19. The van der Waals surface area contributed by atoms with Gasteiger partial charge < -0.3 is 14.5 Å². The molecule has 1 amide bonds. The molecule has 0 bridgehead atoms. The van der Waals surface area contributed by atoms with Gasteiger partial charge in [-0.1, -0.05) is 24.3 Å². The molecule has 1 heterocycles. The largest absolute Gasteiger partial charge is 0.495 e. The van der Waals surface area contributed by atoms with Gasteiger partial charge in [-0.3, -0.25) is 9.10 Å². The molecule has 0 spiro atoms. The number of hydrogen-bond donors (Lipinski definition) is 1. The zero-order valence-electron chi connectivity index (χ0n) is 16.2. The van der Waals surface area contributed by atoms with Crippen LogP contribution < -0.4 is 14.4 Å². The summed E-state index contributed by atoms with van der Waals surface area (Å²) in [5.41, 5.74) is 1.14. The van der Waals surface area contributed by atoms with Crippen molar-refractivity contribution in [3.8, 4) is 5.75 Å². The van der Waals surface area contributed by atoms with Crippen molar-refractivity contribution in [2.75, 3.05) is 18.0 Å². The van der Waals surface area contributed by atoms with E-state index in [-0.39, 0.29) is 23.7 Å². The van der Waals surface area contributed by atoms with E-state index in [2.05, 4.69) is 5.32 Å². The van der Waals surface area contributed by atoms with E-state index in [0.29, 0.717) is 11.4 Å². The molecule has 7 nitrogen and oxygen atoms in total. The molecule has 0 fully saturated rings. The molecule has 0 aliphatic carbocycles. The number of nitrogens with zero attached hydrogens (tertiary/aromatic N) is 1. The molecule has 152 valence electrons. The Hall–Kier alpha value is -3.26. The predicted molar refractivity (Wildman–Crippen MR) is 109 cm³/mol. The Morgan fingerprint density at radius 3 is 2.52 bits per heavy atom. The Balaban J connectivity index is 1.93. The summed E-state index contributed by atoms with van der Waals surface area (Å²) in [4.78, 5) is 12.5. The summed E-state index contributed by atoms with van der Waals surface area (Å²) in [6, 6.07) is 16.8. The van der Waals surface area contributed by atoms with Crippen LogP contribution in [0.4, 0.5) is 5.69 Å². The summed E-state index contributed by atoms with van der Waals surface area (Å²) >= 11 is 0. The number of carbonyl (C=O) groups excluding carboxylic acids is 1. The highest BCUT2D eigenvalue weighted by atomic mass is 32.2. The van der Waals surface area contributed by atoms with Crippen LogP contribution in [0.2, 0.25) is 0 Å². The van der Waals surface area contributed by atoms with Crippen LogP contribution in [0.3, 0.4) is 0 Å². The summed E-state index contributed by atoms with van der Waals surface area (Å²) in [6.07, 6.45) is 1.51. The van der Waals surface area contributed by atoms with Crippen molar-refractivity contribution in [3.63, 3.8) is 0 Å². The number of aryl methyl sites for hydroxylation is 1. The van der Waals surface area contributed by atoms with Crippen LogP contribution in [0.5, 0.6) is 5.75 Å². The number of para-hydroxylation sites is 1. The fourth-order valence-electron chi connectivity index (χ4n) is 2.80. The molecule has 2 aromatic carbocycles. The van der Waals surface area contributed by atoms with Crippen LogP contribution >= 0.6 is 0 Å². The van der Waals surface area contributed by atoms with Crippen LogP contribution in [0.15, 0.2) is 76.2 Å². The first kappa shape index (κ1) is 20.5. The lowest BCUT2D eigenvalue weighted by Gasteiger charge is -2.25. The molecule has 0 aliphatic rings. The van der Waals surface area contributed by atoms with Crippen LogP contribution in [0.25, 0.3) is 0 Å². The number of furan rings is 1. The highest BCUT2D eigenvalue weighted by Gasteiger charge is 2.30. The Kier molecular flexibility index (Phi) is 6.23. The number of nitrogens with one attached hydrogen (secondary N) is 1. The molecule has 8 heteroatoms. The minimum Gasteiger partial charge on any atom is -0.495 e. The van der Waals surface area contributed by atoms with Crippen molar-refractivity contribution in [1.82, 2.24) is 5.32 Å². The first-order valence-electron chi connectivity index (χ1n) is 8.93. The maximum Gasteiger partial charge on any atom is 0.268 e. The van der Waals surface area contributed by atoms with Gasteiger partial charge in [-0.25, -0.2) is 8.42 Å². The number of hydrogen-bond acceptors (Lipinski definition) is 5. The molecular weight excluding hydrogens is 392 g/mol. The van der Waals surface area contributed by atoms with Crippen molar-refractivity contribution in [2.24, 2.45) is 0 Å². The second kappa shape index (κ2) is 8.83. The zero-order valence-corrected chi connectivity index (χ0v) is 17.0. The highest BCUT2D eigenvalue weighted by Crippen LogP contribution is 2.30. The molecule has 3 rings (SSSR count). The molecule has 0 atom stereocenters. The molecule has 3 aromatic rings. The Labute approximate surface area is 170 Å². The minimum absolute atomic E-state index is 0.00249. The number of ether oxygens (including phenoxy) is 1. The van der Waals surface area contributed by atoms with Crippen LogP contribution in [-0.4, -0.2) is 28.0 Å². The zero-order chi connectivity index (χ0) is 20.9. The lowest BCUT2D eigenvalue weighted by molar-refractivity contribution is -0.119. The first-order valence-corrected chi connectivity index (χ1v) is 10.4. The fraction of sp³-hybridized carbons (Fsp3) is 0.190. The standard InChI is InChI=1S/C21H22N2O5S/c1-16-10-11-19(27-2)20(13-16)29(25,26)23(17-7-4-3-5-8-17)15-21(24)22-14-18-9-6-12-28-18/h3-13H,14-15H2,1-2H3,(H,22,24). The Bertz CT molecular complexity index is 1060. The molecule has 0 unspecified atom stereocenters. The summed E-state index contributed by atoms with van der Waals surface area (Å²) in [5, 5.41) is 2.68. The van der Waals surface area contributed by atoms with Gasteiger partial charge in [-0.15, -0.1) is 0 Å². The first-order chi connectivity index (χ1) is 13.9. The highest BCUT2D eigenvalue weighted by molar-refractivity contribution is 7.93. The minimum atomic E-state index is -4.06. The van der Waals surface area contributed by atoms with Crippen molar-refractivity contribution < 1.29 is 22.4 Å². The van der Waals surface area contributed by atoms with E-state index < -0.39 is 15.9 Å². The fourth-order valence-corrected chi connectivity index (χ4v) is 4.46. The lowest BCUT2D eigenvalue weighted by atomic mass is 10.2.